The Morgan fingerprint density at radius 1 is 1.21 bits per heavy atom. The summed E-state index contributed by atoms with van der Waals surface area (Å²) in [7, 11) is 0. The molecule has 150 valence electrons. The number of aryl methyl sites for hydroxylation is 1. The molecule has 2 aromatic carbocycles. The van der Waals surface area contributed by atoms with Gasteiger partial charge in [0.05, 0.1) is 25.1 Å². The Bertz CT molecular complexity index is 823. The Balaban J connectivity index is 1.55. The Hall–Kier alpha value is -2.54. The lowest BCUT2D eigenvalue weighted by Gasteiger charge is -2.33. The molecule has 1 heterocycles. The normalized spacial score (nSPS) is 17.4. The second-order valence-corrected chi connectivity index (χ2v) is 6.77. The number of ether oxygens (including phenoxy) is 2. The van der Waals surface area contributed by atoms with Gasteiger partial charge in [0, 0.05) is 6.54 Å². The maximum atomic E-state index is 12.8. The van der Waals surface area contributed by atoms with Gasteiger partial charge in [0.15, 0.2) is 0 Å². The molecular weight excluding hydrogens is 371 g/mol. The quantitative estimate of drug-likeness (QED) is 0.774. The van der Waals surface area contributed by atoms with Crippen LogP contribution in [0.25, 0.3) is 0 Å². The number of hydrogen-bond donors (Lipinski definition) is 0. The first kappa shape index (κ1) is 20.2. The third-order valence-electron chi connectivity index (χ3n) is 4.69. The molecule has 28 heavy (non-hydrogen) atoms. The van der Waals surface area contributed by atoms with Gasteiger partial charge in [-0.2, -0.15) is 13.2 Å². The van der Waals surface area contributed by atoms with Gasteiger partial charge in [-0.25, -0.2) is 0 Å². The van der Waals surface area contributed by atoms with Gasteiger partial charge in [0.1, 0.15) is 18.5 Å². The van der Waals surface area contributed by atoms with E-state index in [1.165, 1.54) is 12.1 Å². The predicted octanol–water partition coefficient (Wildman–Crippen LogP) is 3.86. The van der Waals surface area contributed by atoms with Gasteiger partial charge in [-0.15, -0.1) is 0 Å². The summed E-state index contributed by atoms with van der Waals surface area (Å²) in [6.07, 6.45) is -4.49. The minimum Gasteiger partial charge on any atom is -0.491 e. The van der Waals surface area contributed by atoms with Crippen LogP contribution in [0.15, 0.2) is 48.5 Å². The largest absolute Gasteiger partial charge is 0.491 e. The Morgan fingerprint density at radius 3 is 2.75 bits per heavy atom. The fourth-order valence-corrected chi connectivity index (χ4v) is 3.08. The Kier molecular flexibility index (Phi) is 6.24. The Labute approximate surface area is 161 Å². The zero-order valence-corrected chi connectivity index (χ0v) is 15.5. The summed E-state index contributed by atoms with van der Waals surface area (Å²) in [6, 6.07) is 12.5. The molecular formula is C21H22F3NO3. The number of alkyl halides is 3. The number of hydrogen-bond acceptors (Lipinski definition) is 3. The summed E-state index contributed by atoms with van der Waals surface area (Å²) < 4.78 is 49.5. The number of amides is 1. The molecule has 0 aromatic heterocycles. The Morgan fingerprint density at radius 2 is 2.00 bits per heavy atom. The molecule has 1 atom stereocenters. The molecule has 1 saturated heterocycles. The lowest BCUT2D eigenvalue weighted by molar-refractivity contribution is -0.139. The number of benzene rings is 2. The molecule has 0 spiro atoms. The maximum absolute atomic E-state index is 12.8. The first-order chi connectivity index (χ1) is 13.3. The summed E-state index contributed by atoms with van der Waals surface area (Å²) >= 11 is 0. The van der Waals surface area contributed by atoms with Gasteiger partial charge >= 0.3 is 6.18 Å². The summed E-state index contributed by atoms with van der Waals surface area (Å²) in [6.45, 7) is 3.26. The fraction of sp³-hybridized carbons (Fsp3) is 0.381. The van der Waals surface area contributed by atoms with E-state index in [1.54, 1.807) is 4.90 Å². The molecule has 1 aliphatic rings. The van der Waals surface area contributed by atoms with E-state index >= 15 is 0 Å². The molecule has 4 nitrogen and oxygen atoms in total. The van der Waals surface area contributed by atoms with Crippen LogP contribution in [0.1, 0.15) is 16.7 Å². The van der Waals surface area contributed by atoms with Crippen LogP contribution < -0.4 is 4.74 Å². The highest BCUT2D eigenvalue weighted by atomic mass is 19.4. The molecule has 0 bridgehead atoms. The topological polar surface area (TPSA) is 38.8 Å². The number of rotatable bonds is 5. The molecule has 0 saturated carbocycles. The summed E-state index contributed by atoms with van der Waals surface area (Å²) in [5.74, 6) is 0.128. The number of nitrogens with zero attached hydrogens (tertiary/aromatic N) is 1. The van der Waals surface area contributed by atoms with Crippen LogP contribution in [0, 0.1) is 6.92 Å². The van der Waals surface area contributed by atoms with E-state index < -0.39 is 11.7 Å². The van der Waals surface area contributed by atoms with E-state index in [-0.39, 0.29) is 24.4 Å². The van der Waals surface area contributed by atoms with Crippen molar-refractivity contribution in [3.8, 4) is 5.75 Å². The molecule has 0 N–H and O–H groups in total. The highest BCUT2D eigenvalue weighted by Crippen LogP contribution is 2.31. The van der Waals surface area contributed by atoms with E-state index in [0.717, 1.165) is 23.3 Å². The third kappa shape index (κ3) is 5.25. The van der Waals surface area contributed by atoms with E-state index in [0.29, 0.717) is 26.1 Å². The van der Waals surface area contributed by atoms with Crippen molar-refractivity contribution in [1.82, 2.24) is 4.90 Å². The van der Waals surface area contributed by atoms with Crippen LogP contribution in [0.2, 0.25) is 0 Å². The minimum atomic E-state index is -4.42. The number of carbonyl (C=O) groups is 1. The van der Waals surface area contributed by atoms with Crippen molar-refractivity contribution in [3.63, 3.8) is 0 Å². The average molecular weight is 393 g/mol. The molecule has 0 aliphatic carbocycles. The van der Waals surface area contributed by atoms with Crippen molar-refractivity contribution in [2.24, 2.45) is 0 Å². The van der Waals surface area contributed by atoms with Gasteiger partial charge in [-0.1, -0.05) is 30.3 Å². The molecule has 1 fully saturated rings. The highest BCUT2D eigenvalue weighted by Gasteiger charge is 2.31. The van der Waals surface area contributed by atoms with Crippen molar-refractivity contribution in [2.75, 3.05) is 26.3 Å². The van der Waals surface area contributed by atoms with Crippen molar-refractivity contribution in [1.29, 1.82) is 0 Å². The minimum absolute atomic E-state index is 0.00155. The van der Waals surface area contributed by atoms with Gasteiger partial charge < -0.3 is 14.4 Å². The van der Waals surface area contributed by atoms with Crippen LogP contribution >= 0.6 is 0 Å². The van der Waals surface area contributed by atoms with Crippen molar-refractivity contribution < 1.29 is 27.4 Å². The second-order valence-electron chi connectivity index (χ2n) is 6.77. The van der Waals surface area contributed by atoms with E-state index in [9.17, 15) is 18.0 Å². The monoisotopic (exact) mass is 393 g/mol. The molecule has 7 heteroatoms. The van der Waals surface area contributed by atoms with E-state index in [1.807, 2.05) is 31.2 Å². The smallest absolute Gasteiger partial charge is 0.416 e. The molecule has 1 amide bonds. The molecule has 2 aromatic rings. The predicted molar refractivity (Wildman–Crippen MR) is 98.1 cm³/mol. The van der Waals surface area contributed by atoms with Gasteiger partial charge in [0.25, 0.3) is 0 Å². The SMILES string of the molecule is Cc1ccccc1CC(=O)N1CCOC(COc2cccc(C(F)(F)F)c2)C1. The van der Waals surface area contributed by atoms with Crippen molar-refractivity contribution >= 4 is 5.91 Å². The molecule has 0 radical (unpaired) electrons. The lowest BCUT2D eigenvalue weighted by Crippen LogP contribution is -2.48. The number of halogens is 3. The first-order valence-corrected chi connectivity index (χ1v) is 9.07. The van der Waals surface area contributed by atoms with Crippen LogP contribution in [0.5, 0.6) is 5.75 Å². The lowest BCUT2D eigenvalue weighted by atomic mass is 10.1. The average Bonchev–Trinajstić information content (AvgIpc) is 2.68. The van der Waals surface area contributed by atoms with Gasteiger partial charge in [-0.05, 0) is 36.2 Å². The second kappa shape index (κ2) is 8.65. The van der Waals surface area contributed by atoms with E-state index in [2.05, 4.69) is 0 Å². The molecule has 1 aliphatic heterocycles. The zero-order valence-electron chi connectivity index (χ0n) is 15.5. The fourth-order valence-electron chi connectivity index (χ4n) is 3.08. The maximum Gasteiger partial charge on any atom is 0.416 e. The van der Waals surface area contributed by atoms with Crippen molar-refractivity contribution in [2.45, 2.75) is 25.6 Å². The van der Waals surface area contributed by atoms with Gasteiger partial charge in [-0.3, -0.25) is 4.79 Å². The number of carbonyl (C=O) groups excluding carboxylic acids is 1. The zero-order chi connectivity index (χ0) is 20.1. The standard InChI is InChI=1S/C21H22F3NO3/c1-15-5-2-3-6-16(15)11-20(26)25-9-10-27-19(13-25)14-28-18-8-4-7-17(12-18)21(22,23)24/h2-8,12,19H,9-11,13-14H2,1H3. The summed E-state index contributed by atoms with van der Waals surface area (Å²) in [5.41, 5.74) is 1.29. The molecule has 3 rings (SSSR count). The van der Waals surface area contributed by atoms with Gasteiger partial charge in [0.2, 0.25) is 5.91 Å². The van der Waals surface area contributed by atoms with Crippen LogP contribution in [0.4, 0.5) is 13.2 Å². The van der Waals surface area contributed by atoms with Crippen molar-refractivity contribution in [3.05, 3.63) is 65.2 Å². The first-order valence-electron chi connectivity index (χ1n) is 9.07. The number of morpholine rings is 1. The van der Waals surface area contributed by atoms with Crippen LogP contribution in [0.3, 0.4) is 0 Å². The summed E-state index contributed by atoms with van der Waals surface area (Å²) in [5, 5.41) is 0. The van der Waals surface area contributed by atoms with Crippen LogP contribution in [-0.4, -0.2) is 43.2 Å². The van der Waals surface area contributed by atoms with E-state index in [4.69, 9.17) is 9.47 Å². The summed E-state index contributed by atoms with van der Waals surface area (Å²) in [4.78, 5) is 14.3. The van der Waals surface area contributed by atoms with Crippen LogP contribution in [-0.2, 0) is 22.1 Å². The highest BCUT2D eigenvalue weighted by molar-refractivity contribution is 5.79. The molecule has 1 unspecified atom stereocenters. The third-order valence-corrected chi connectivity index (χ3v) is 4.69.